The molecule has 0 atom stereocenters. The molecule has 0 spiro atoms. The van der Waals surface area contributed by atoms with E-state index in [-0.39, 0.29) is 0 Å². The highest BCUT2D eigenvalue weighted by atomic mass is 79.9. The van der Waals surface area contributed by atoms with E-state index in [4.69, 9.17) is 0 Å². The van der Waals surface area contributed by atoms with Crippen LogP contribution in [0.15, 0.2) is 39.0 Å². The lowest BCUT2D eigenvalue weighted by Crippen LogP contribution is -2.23. The van der Waals surface area contributed by atoms with Crippen molar-refractivity contribution < 1.29 is 8.42 Å². The van der Waals surface area contributed by atoms with E-state index in [1.165, 1.54) is 11.3 Å². The second-order valence-corrected chi connectivity index (χ2v) is 9.19. The number of benzene rings is 1. The van der Waals surface area contributed by atoms with Gasteiger partial charge in [0.15, 0.2) is 0 Å². The Balaban J connectivity index is 1.78. The maximum Gasteiger partial charge on any atom is 0.240 e. The zero-order chi connectivity index (χ0) is 14.9. The highest BCUT2D eigenvalue weighted by Crippen LogP contribution is 2.26. The molecule has 2 N–H and O–H groups in total. The van der Waals surface area contributed by atoms with Gasteiger partial charge in [-0.15, -0.1) is 11.3 Å². The third-order valence-electron chi connectivity index (χ3n) is 3.39. The van der Waals surface area contributed by atoms with Crippen LogP contribution in [-0.4, -0.2) is 15.0 Å². The van der Waals surface area contributed by atoms with Crippen molar-refractivity contribution in [3.8, 4) is 0 Å². The second-order valence-electron chi connectivity index (χ2n) is 4.88. The molecular formula is C14H15BrN2O2S2. The SMILES string of the molecule is O=S(=O)(NCc1ccc(Br)s1)c1ccc2c(c1)CCCN2. The predicted octanol–water partition coefficient (Wildman–Crippen LogP) is 3.35. The zero-order valence-electron chi connectivity index (χ0n) is 11.2. The van der Waals surface area contributed by atoms with Crippen molar-refractivity contribution in [2.24, 2.45) is 0 Å². The van der Waals surface area contributed by atoms with Gasteiger partial charge in [-0.05, 0) is 64.7 Å². The third kappa shape index (κ3) is 3.48. The summed E-state index contributed by atoms with van der Waals surface area (Å²) in [7, 11) is -3.47. The van der Waals surface area contributed by atoms with Gasteiger partial charge in [-0.3, -0.25) is 0 Å². The normalized spacial score (nSPS) is 14.5. The van der Waals surface area contributed by atoms with Crippen molar-refractivity contribution in [1.82, 2.24) is 4.72 Å². The lowest BCUT2D eigenvalue weighted by atomic mass is 10.0. The maximum atomic E-state index is 12.4. The molecule has 2 aromatic rings. The van der Waals surface area contributed by atoms with Crippen molar-refractivity contribution in [3.05, 3.63) is 44.6 Å². The van der Waals surface area contributed by atoms with E-state index >= 15 is 0 Å². The molecule has 0 bridgehead atoms. The number of aryl methyl sites for hydroxylation is 1. The highest BCUT2D eigenvalue weighted by molar-refractivity contribution is 9.11. The standard InChI is InChI=1S/C14H15BrN2O2S2/c15-14-6-3-11(20-14)9-17-21(18,19)12-4-5-13-10(8-12)2-1-7-16-13/h3-6,8,16-17H,1-2,7,9H2. The summed E-state index contributed by atoms with van der Waals surface area (Å²) in [4.78, 5) is 1.31. The second kappa shape index (κ2) is 6.08. The van der Waals surface area contributed by atoms with E-state index in [2.05, 4.69) is 26.0 Å². The molecule has 0 radical (unpaired) electrons. The topological polar surface area (TPSA) is 58.2 Å². The molecule has 0 saturated heterocycles. The minimum Gasteiger partial charge on any atom is -0.385 e. The van der Waals surface area contributed by atoms with Gasteiger partial charge in [0.1, 0.15) is 0 Å². The van der Waals surface area contributed by atoms with Crippen molar-refractivity contribution in [3.63, 3.8) is 0 Å². The molecule has 1 aliphatic heterocycles. The van der Waals surface area contributed by atoms with Crippen LogP contribution in [0, 0.1) is 0 Å². The fourth-order valence-electron chi connectivity index (χ4n) is 2.31. The Kier molecular flexibility index (Phi) is 4.35. The van der Waals surface area contributed by atoms with Gasteiger partial charge in [0.25, 0.3) is 0 Å². The van der Waals surface area contributed by atoms with Crippen molar-refractivity contribution in [2.45, 2.75) is 24.3 Å². The van der Waals surface area contributed by atoms with Gasteiger partial charge in [-0.2, -0.15) is 0 Å². The van der Waals surface area contributed by atoms with E-state index in [0.717, 1.165) is 39.3 Å². The molecule has 3 rings (SSSR count). The first-order valence-electron chi connectivity index (χ1n) is 6.65. The summed E-state index contributed by atoms with van der Waals surface area (Å²) in [6, 6.07) is 9.11. The van der Waals surface area contributed by atoms with Gasteiger partial charge in [0.2, 0.25) is 10.0 Å². The van der Waals surface area contributed by atoms with Gasteiger partial charge in [-0.1, -0.05) is 0 Å². The number of fused-ring (bicyclic) bond motifs is 1. The minimum atomic E-state index is -3.47. The lowest BCUT2D eigenvalue weighted by molar-refractivity contribution is 0.581. The number of nitrogens with one attached hydrogen (secondary N) is 2. The first-order valence-corrected chi connectivity index (χ1v) is 9.74. The van der Waals surface area contributed by atoms with E-state index in [0.29, 0.717) is 11.4 Å². The van der Waals surface area contributed by atoms with Crippen LogP contribution in [0.4, 0.5) is 5.69 Å². The fraction of sp³-hybridized carbons (Fsp3) is 0.286. The largest absolute Gasteiger partial charge is 0.385 e. The van der Waals surface area contributed by atoms with Gasteiger partial charge < -0.3 is 5.32 Å². The summed E-state index contributed by atoms with van der Waals surface area (Å²) >= 11 is 4.90. The molecule has 2 heterocycles. The van der Waals surface area contributed by atoms with Crippen LogP contribution >= 0.6 is 27.3 Å². The zero-order valence-corrected chi connectivity index (χ0v) is 14.4. The summed E-state index contributed by atoms with van der Waals surface area (Å²) in [5, 5.41) is 3.28. The summed E-state index contributed by atoms with van der Waals surface area (Å²) in [6.07, 6.45) is 1.96. The molecule has 1 aromatic heterocycles. The monoisotopic (exact) mass is 386 g/mol. The smallest absolute Gasteiger partial charge is 0.240 e. The molecule has 112 valence electrons. The minimum absolute atomic E-state index is 0.313. The third-order valence-corrected chi connectivity index (χ3v) is 6.41. The number of hydrogen-bond acceptors (Lipinski definition) is 4. The van der Waals surface area contributed by atoms with Gasteiger partial charge >= 0.3 is 0 Å². The number of rotatable bonds is 4. The van der Waals surface area contributed by atoms with Crippen LogP contribution in [-0.2, 0) is 23.0 Å². The highest BCUT2D eigenvalue weighted by Gasteiger charge is 2.17. The molecule has 1 aromatic carbocycles. The van der Waals surface area contributed by atoms with Crippen LogP contribution in [0.1, 0.15) is 16.9 Å². The summed E-state index contributed by atoms with van der Waals surface area (Å²) in [5.74, 6) is 0. The molecular weight excluding hydrogens is 372 g/mol. The van der Waals surface area contributed by atoms with Gasteiger partial charge in [0, 0.05) is 23.7 Å². The molecule has 1 aliphatic rings. The number of thiophene rings is 1. The Morgan fingerprint density at radius 1 is 1.29 bits per heavy atom. The van der Waals surface area contributed by atoms with Crippen molar-refractivity contribution in [1.29, 1.82) is 0 Å². The Morgan fingerprint density at radius 2 is 2.14 bits per heavy atom. The van der Waals surface area contributed by atoms with Gasteiger partial charge in [0.05, 0.1) is 8.68 Å². The maximum absolute atomic E-state index is 12.4. The summed E-state index contributed by atoms with van der Waals surface area (Å²) in [5.41, 5.74) is 2.12. The fourth-order valence-corrected chi connectivity index (χ4v) is 4.89. The Morgan fingerprint density at radius 3 is 2.90 bits per heavy atom. The van der Waals surface area contributed by atoms with Crippen LogP contribution in [0.5, 0.6) is 0 Å². The number of anilines is 1. The van der Waals surface area contributed by atoms with Gasteiger partial charge in [-0.25, -0.2) is 13.1 Å². The number of sulfonamides is 1. The molecule has 0 aliphatic carbocycles. The first kappa shape index (κ1) is 15.0. The molecule has 0 fully saturated rings. The van der Waals surface area contributed by atoms with Crippen molar-refractivity contribution >= 4 is 43.0 Å². The molecule has 0 amide bonds. The van der Waals surface area contributed by atoms with E-state index in [1.54, 1.807) is 12.1 Å². The van der Waals surface area contributed by atoms with Crippen LogP contribution in [0.25, 0.3) is 0 Å². The quantitative estimate of drug-likeness (QED) is 0.846. The van der Waals surface area contributed by atoms with E-state index in [1.807, 2.05) is 18.2 Å². The number of hydrogen-bond donors (Lipinski definition) is 2. The summed E-state index contributed by atoms with van der Waals surface area (Å²) < 4.78 is 28.4. The van der Waals surface area contributed by atoms with Crippen LogP contribution in [0.2, 0.25) is 0 Å². The molecule has 0 saturated carbocycles. The molecule has 0 unspecified atom stereocenters. The number of halogens is 1. The first-order chi connectivity index (χ1) is 10.0. The molecule has 4 nitrogen and oxygen atoms in total. The molecule has 7 heteroatoms. The van der Waals surface area contributed by atoms with Crippen molar-refractivity contribution in [2.75, 3.05) is 11.9 Å². The Bertz CT molecular complexity index is 756. The Labute approximate surface area is 136 Å². The van der Waals surface area contributed by atoms with E-state index in [9.17, 15) is 8.42 Å². The van der Waals surface area contributed by atoms with Crippen LogP contribution < -0.4 is 10.0 Å². The summed E-state index contributed by atoms with van der Waals surface area (Å²) in [6.45, 7) is 1.26. The molecule has 21 heavy (non-hydrogen) atoms. The van der Waals surface area contributed by atoms with Crippen LogP contribution in [0.3, 0.4) is 0 Å². The predicted molar refractivity (Wildman–Crippen MR) is 89.3 cm³/mol. The average Bonchev–Trinajstić information content (AvgIpc) is 2.90. The Hall–Kier alpha value is -0.890. The lowest BCUT2D eigenvalue weighted by Gasteiger charge is -2.18. The average molecular weight is 387 g/mol. The van der Waals surface area contributed by atoms with E-state index < -0.39 is 10.0 Å².